The normalized spacial score (nSPS) is 20.3. The molecule has 19 heteroatoms. The van der Waals surface area contributed by atoms with E-state index >= 15 is 0 Å². The molecule has 17 nitrogen and oxygen atoms in total. The molecule has 2 fully saturated rings. The van der Waals surface area contributed by atoms with Crippen LogP contribution in [0.15, 0.2) is 16.7 Å². The van der Waals surface area contributed by atoms with Gasteiger partial charge in [0.05, 0.1) is 30.4 Å². The molecule has 2 aromatic heterocycles. The SMILES string of the molecule is CNCCCNCc1cnn(C[C@@H]2[C@H](CC(=O)/C(=N\OC3(C(=O)O)CC3)c3csc(N)n3)C(=O)N2S(=O)(=O)O)n1. The van der Waals surface area contributed by atoms with Gasteiger partial charge in [-0.25, -0.2) is 14.1 Å². The van der Waals surface area contributed by atoms with Crippen molar-refractivity contribution in [3.63, 3.8) is 0 Å². The van der Waals surface area contributed by atoms with Gasteiger partial charge in [0.2, 0.25) is 11.5 Å². The standard InChI is InChI=1S/C21H29N9O8S2/c1-23-5-2-6-24-8-12-9-25-29(27-12)10-15-13(18(32)30(15)40(35,36)37)7-16(31)17(14-11-39-20(22)26-14)28-38-21(3-4-21)19(33)34/h9,11,13,15,23-24H,2-8,10H2,1H3,(H2,22,26)(H,33,34)(H,35,36,37)/b28-17-/t13-,15+/m0/s1. The second-order valence-electron chi connectivity index (χ2n) is 9.34. The van der Waals surface area contributed by atoms with E-state index in [1.807, 2.05) is 7.05 Å². The Balaban J connectivity index is 1.49. The lowest BCUT2D eigenvalue weighted by molar-refractivity contribution is -0.153. The van der Waals surface area contributed by atoms with Crippen LogP contribution in [-0.4, -0.2) is 97.5 Å². The van der Waals surface area contributed by atoms with E-state index in [1.54, 1.807) is 0 Å². The lowest BCUT2D eigenvalue weighted by Crippen LogP contribution is -2.64. The van der Waals surface area contributed by atoms with Gasteiger partial charge in [0.25, 0.3) is 0 Å². The van der Waals surface area contributed by atoms with E-state index in [9.17, 15) is 32.5 Å². The van der Waals surface area contributed by atoms with Gasteiger partial charge < -0.3 is 26.3 Å². The van der Waals surface area contributed by atoms with Gasteiger partial charge >= 0.3 is 16.3 Å². The Labute approximate surface area is 232 Å². The Morgan fingerprint density at radius 1 is 1.35 bits per heavy atom. The minimum Gasteiger partial charge on any atom is -0.478 e. The van der Waals surface area contributed by atoms with E-state index in [4.69, 9.17) is 10.6 Å². The number of amides is 1. The minimum absolute atomic E-state index is 0.0178. The quantitative estimate of drug-likeness (QED) is 0.0492. The zero-order chi connectivity index (χ0) is 29.1. The monoisotopic (exact) mass is 599 g/mol. The summed E-state index contributed by atoms with van der Waals surface area (Å²) >= 11 is 1.01. The van der Waals surface area contributed by atoms with Gasteiger partial charge in [0.1, 0.15) is 5.69 Å². The number of Topliss-reactive ketones (excluding diaryl/α,β-unsaturated/α-hetero) is 1. The van der Waals surface area contributed by atoms with Crippen LogP contribution in [0.1, 0.15) is 37.1 Å². The van der Waals surface area contributed by atoms with E-state index in [-0.39, 0.29) is 40.2 Å². The number of thiazole rings is 1. The van der Waals surface area contributed by atoms with Crippen molar-refractivity contribution in [2.75, 3.05) is 25.9 Å². The fourth-order valence-corrected chi connectivity index (χ4v) is 5.55. The molecule has 0 unspecified atom stereocenters. The zero-order valence-electron chi connectivity index (χ0n) is 21.4. The highest BCUT2D eigenvalue weighted by Crippen LogP contribution is 2.40. The predicted molar refractivity (Wildman–Crippen MR) is 139 cm³/mol. The molecule has 40 heavy (non-hydrogen) atoms. The molecular weight excluding hydrogens is 570 g/mol. The van der Waals surface area contributed by atoms with Crippen LogP contribution in [0.4, 0.5) is 5.13 Å². The van der Waals surface area contributed by atoms with Crippen molar-refractivity contribution in [3.8, 4) is 0 Å². The van der Waals surface area contributed by atoms with Crippen molar-refractivity contribution < 1.29 is 37.3 Å². The third-order valence-corrected chi connectivity index (χ3v) is 8.03. The summed E-state index contributed by atoms with van der Waals surface area (Å²) in [7, 11) is -3.08. The van der Waals surface area contributed by atoms with Crippen LogP contribution < -0.4 is 16.4 Å². The third kappa shape index (κ3) is 6.61. The third-order valence-electron chi connectivity index (χ3n) is 6.41. The molecular formula is C21H29N9O8S2. The molecule has 0 radical (unpaired) electrons. The van der Waals surface area contributed by atoms with Crippen LogP contribution in [-0.2, 0) is 42.6 Å². The number of ketones is 1. The first-order chi connectivity index (χ1) is 18.9. The fraction of sp³-hybridized carbons (Fsp3) is 0.571. The molecule has 1 saturated heterocycles. The summed E-state index contributed by atoms with van der Waals surface area (Å²) in [5.41, 5.74) is 4.36. The molecule has 3 heterocycles. The molecule has 0 bridgehead atoms. The summed E-state index contributed by atoms with van der Waals surface area (Å²) in [5, 5.41) is 29.3. The second-order valence-corrected chi connectivity index (χ2v) is 11.5. The van der Waals surface area contributed by atoms with Gasteiger partial charge in [-0.05, 0) is 26.6 Å². The summed E-state index contributed by atoms with van der Waals surface area (Å²) in [6.45, 7) is 1.76. The molecule has 2 atom stereocenters. The number of nitrogens with two attached hydrogens (primary N) is 1. The second kappa shape index (κ2) is 11.9. The Morgan fingerprint density at radius 3 is 2.70 bits per heavy atom. The van der Waals surface area contributed by atoms with Crippen LogP contribution in [0.25, 0.3) is 0 Å². The number of anilines is 1. The van der Waals surface area contributed by atoms with Gasteiger partial charge in [-0.15, -0.1) is 11.3 Å². The first-order valence-corrected chi connectivity index (χ1v) is 14.5. The summed E-state index contributed by atoms with van der Waals surface area (Å²) in [4.78, 5) is 47.9. The molecule has 0 spiro atoms. The highest BCUT2D eigenvalue weighted by Gasteiger charge is 2.56. The van der Waals surface area contributed by atoms with E-state index in [1.165, 1.54) is 16.4 Å². The highest BCUT2D eigenvalue weighted by atomic mass is 32.2. The maximum Gasteiger partial charge on any atom is 0.362 e. The molecule has 1 aliphatic heterocycles. The van der Waals surface area contributed by atoms with E-state index in [0.29, 0.717) is 12.2 Å². The lowest BCUT2D eigenvalue weighted by atomic mass is 9.84. The number of aromatic nitrogens is 4. The molecule has 1 saturated carbocycles. The number of nitrogen functional groups attached to an aromatic ring is 1. The van der Waals surface area contributed by atoms with Gasteiger partial charge in [0, 0.05) is 31.2 Å². The number of rotatable bonds is 16. The summed E-state index contributed by atoms with van der Waals surface area (Å²) in [5.74, 6) is -4.18. The van der Waals surface area contributed by atoms with Crippen molar-refractivity contribution >= 4 is 50.1 Å². The topological polar surface area (TPSA) is 244 Å². The lowest BCUT2D eigenvalue weighted by Gasteiger charge is -2.43. The molecule has 1 amide bonds. The number of β-lactam (4-membered cyclic amide) rings is 1. The van der Waals surface area contributed by atoms with Gasteiger partial charge in [0.15, 0.2) is 16.6 Å². The van der Waals surface area contributed by atoms with Crippen LogP contribution in [0, 0.1) is 5.92 Å². The Hall–Kier alpha value is -3.52. The molecule has 6 N–H and O–H groups in total. The number of carboxylic acids is 1. The van der Waals surface area contributed by atoms with E-state index in [0.717, 1.165) is 30.8 Å². The number of carbonyl (C=O) groups is 3. The largest absolute Gasteiger partial charge is 0.478 e. The van der Waals surface area contributed by atoms with Crippen molar-refractivity contribution in [1.82, 2.24) is 34.9 Å². The Morgan fingerprint density at radius 2 is 2.10 bits per heavy atom. The average molecular weight is 600 g/mol. The van der Waals surface area contributed by atoms with E-state index < -0.39 is 51.9 Å². The molecule has 218 valence electrons. The number of hydrogen-bond acceptors (Lipinski definition) is 14. The first-order valence-electron chi connectivity index (χ1n) is 12.2. The maximum absolute atomic E-state index is 13.3. The van der Waals surface area contributed by atoms with Gasteiger partial charge in [-0.3, -0.25) is 14.1 Å². The number of carboxylic acid groups (broad SMARTS) is 1. The number of nitrogens with zero attached hydrogens (tertiary/aromatic N) is 6. The van der Waals surface area contributed by atoms with Crippen molar-refractivity contribution in [2.24, 2.45) is 11.1 Å². The minimum atomic E-state index is -4.93. The van der Waals surface area contributed by atoms with Crippen LogP contribution >= 0.6 is 11.3 Å². The number of carbonyl (C=O) groups excluding carboxylic acids is 2. The number of hydrogen-bond donors (Lipinski definition) is 5. The molecule has 2 aliphatic rings. The maximum atomic E-state index is 13.3. The smallest absolute Gasteiger partial charge is 0.362 e. The summed E-state index contributed by atoms with van der Waals surface area (Å²) in [6, 6.07) is -1.17. The van der Waals surface area contributed by atoms with Gasteiger partial charge in [-0.2, -0.15) is 23.4 Å². The molecule has 2 aromatic rings. The summed E-state index contributed by atoms with van der Waals surface area (Å²) < 4.78 is 33.7. The van der Waals surface area contributed by atoms with Crippen LogP contribution in [0.5, 0.6) is 0 Å². The van der Waals surface area contributed by atoms with Crippen LogP contribution in [0.2, 0.25) is 0 Å². The Kier molecular flexibility index (Phi) is 8.78. The Bertz CT molecular complexity index is 1400. The zero-order valence-corrected chi connectivity index (χ0v) is 23.0. The summed E-state index contributed by atoms with van der Waals surface area (Å²) in [6.07, 6.45) is 2.24. The first kappa shape index (κ1) is 29.5. The molecule has 0 aromatic carbocycles. The number of nitrogens with one attached hydrogen (secondary N) is 2. The van der Waals surface area contributed by atoms with Crippen LogP contribution in [0.3, 0.4) is 0 Å². The van der Waals surface area contributed by atoms with Gasteiger partial charge in [-0.1, -0.05) is 5.16 Å². The fourth-order valence-electron chi connectivity index (χ4n) is 4.08. The average Bonchev–Trinajstić information content (AvgIpc) is 3.36. The van der Waals surface area contributed by atoms with Crippen molar-refractivity contribution in [1.29, 1.82) is 0 Å². The van der Waals surface area contributed by atoms with E-state index in [2.05, 4.69) is 31.0 Å². The highest BCUT2D eigenvalue weighted by molar-refractivity contribution is 7.84. The van der Waals surface area contributed by atoms with Crippen molar-refractivity contribution in [2.45, 2.75) is 50.4 Å². The number of aliphatic carboxylic acids is 1. The molecule has 4 rings (SSSR count). The van der Waals surface area contributed by atoms with Crippen molar-refractivity contribution in [3.05, 3.63) is 23.0 Å². The molecule has 1 aliphatic carbocycles. The predicted octanol–water partition coefficient (Wildman–Crippen LogP) is -1.36. The number of oxime groups is 1.